The highest BCUT2D eigenvalue weighted by Gasteiger charge is 2.42. The number of carboxylic acids is 1. The lowest BCUT2D eigenvalue weighted by Gasteiger charge is -2.15. The predicted molar refractivity (Wildman–Crippen MR) is 91.9 cm³/mol. The van der Waals surface area contributed by atoms with Crippen LogP contribution in [0, 0.1) is 0 Å². The van der Waals surface area contributed by atoms with Crippen molar-refractivity contribution in [3.63, 3.8) is 0 Å². The van der Waals surface area contributed by atoms with Crippen LogP contribution in [-0.2, 0) is 26.7 Å². The zero-order valence-electron chi connectivity index (χ0n) is 14.2. The number of hydrogen-bond acceptors (Lipinski definition) is 3. The molecule has 0 unspecified atom stereocenters. The second kappa shape index (κ2) is 6.64. The van der Waals surface area contributed by atoms with Gasteiger partial charge in [-0.2, -0.15) is 13.0 Å². The highest BCUT2D eigenvalue weighted by Crippen LogP contribution is 2.40. The molecule has 0 spiro atoms. The molecule has 0 atom stereocenters. The molecule has 0 radical (unpaired) electrons. The van der Waals surface area contributed by atoms with Crippen LogP contribution in [-0.4, -0.2) is 46.6 Å². The maximum Gasteiger partial charge on any atom is 0.303 e. The third kappa shape index (κ3) is 4.02. The number of nitrogens with zero attached hydrogens (tertiary/aromatic N) is 1. The summed E-state index contributed by atoms with van der Waals surface area (Å²) in [5.74, 6) is -1.08. The van der Waals surface area contributed by atoms with Crippen LogP contribution >= 0.6 is 0 Å². The summed E-state index contributed by atoms with van der Waals surface area (Å²) >= 11 is 0. The average Bonchev–Trinajstić information content (AvgIpc) is 2.65. The normalized spacial score (nSPS) is 16.3. The summed E-state index contributed by atoms with van der Waals surface area (Å²) in [6.45, 7) is 6.73. The van der Waals surface area contributed by atoms with Crippen LogP contribution in [0.2, 0.25) is 0 Å². The Hall–Kier alpha value is -1.73. The predicted octanol–water partition coefficient (Wildman–Crippen LogP) is 2.38. The van der Waals surface area contributed by atoms with Gasteiger partial charge in [0.1, 0.15) is 6.54 Å². The van der Waals surface area contributed by atoms with Crippen LogP contribution in [0.3, 0.4) is 0 Å². The van der Waals surface area contributed by atoms with Crippen LogP contribution < -0.4 is 0 Å². The Balaban J connectivity index is 2.26. The summed E-state index contributed by atoms with van der Waals surface area (Å²) in [6.07, 6.45) is 0.924. The molecule has 6 nitrogen and oxygen atoms in total. The van der Waals surface area contributed by atoms with Gasteiger partial charge in [-0.3, -0.25) is 9.35 Å². The van der Waals surface area contributed by atoms with E-state index in [1.54, 1.807) is 0 Å². The molecule has 1 heterocycles. The summed E-state index contributed by atoms with van der Waals surface area (Å²) in [5.41, 5.74) is 4.04. The van der Waals surface area contributed by atoms with E-state index in [1.165, 1.54) is 0 Å². The number of rotatable bonds is 7. The van der Waals surface area contributed by atoms with Gasteiger partial charge < -0.3 is 5.11 Å². The molecule has 0 saturated heterocycles. The minimum Gasteiger partial charge on any atom is -0.481 e. The Morgan fingerprint density at radius 2 is 1.96 bits per heavy atom. The summed E-state index contributed by atoms with van der Waals surface area (Å²) in [7, 11) is -3.95. The summed E-state index contributed by atoms with van der Waals surface area (Å²) in [4.78, 5) is 10.8. The Labute approximate surface area is 142 Å². The molecule has 0 saturated carbocycles. The fourth-order valence-corrected chi connectivity index (χ4v) is 3.63. The molecule has 2 N–H and O–H groups in total. The Morgan fingerprint density at radius 1 is 1.29 bits per heavy atom. The second-order valence-electron chi connectivity index (χ2n) is 6.75. The molecule has 0 bridgehead atoms. The SMILES string of the molecule is CC1=[N+](CCCS(=O)(=O)O)c2ccc(CCC(=O)O)cc2C1(C)C. The Bertz CT molecular complexity index is 793. The van der Waals surface area contributed by atoms with Gasteiger partial charge in [0, 0.05) is 31.4 Å². The van der Waals surface area contributed by atoms with Crippen molar-refractivity contribution in [1.82, 2.24) is 0 Å². The molecule has 2 rings (SSSR count). The number of aliphatic carboxylic acids is 1. The summed E-state index contributed by atoms with van der Waals surface area (Å²) in [5, 5.41) is 8.84. The van der Waals surface area contributed by atoms with Gasteiger partial charge in [-0.15, -0.1) is 0 Å². The van der Waals surface area contributed by atoms with E-state index in [4.69, 9.17) is 9.66 Å². The van der Waals surface area contributed by atoms with E-state index in [0.29, 0.717) is 19.4 Å². The standard InChI is InChI=1S/C17H23NO5S/c1-12-17(2,3)14-11-13(6-8-16(19)20)5-7-15(14)18(12)9-4-10-24(21,22)23/h5,7,11H,4,6,8-10H2,1-3H3,(H-,19,20,21,22,23)/p+1. The fraction of sp³-hybridized carbons (Fsp3) is 0.529. The van der Waals surface area contributed by atoms with Crippen molar-refractivity contribution in [2.24, 2.45) is 0 Å². The van der Waals surface area contributed by atoms with Crippen LogP contribution in [0.25, 0.3) is 0 Å². The molecule has 1 aromatic rings. The lowest BCUT2D eigenvalue weighted by atomic mass is 9.81. The van der Waals surface area contributed by atoms with Gasteiger partial charge in [0.2, 0.25) is 5.69 Å². The summed E-state index contributed by atoms with van der Waals surface area (Å²) in [6, 6.07) is 5.94. The molecule has 1 aromatic carbocycles. The topological polar surface area (TPSA) is 94.7 Å². The van der Waals surface area contributed by atoms with Gasteiger partial charge in [-0.05, 0) is 31.9 Å². The van der Waals surface area contributed by atoms with Gasteiger partial charge in [-0.1, -0.05) is 6.07 Å². The minimum absolute atomic E-state index is 0.0972. The number of carboxylic acid groups (broad SMARTS) is 1. The maximum atomic E-state index is 10.9. The first kappa shape index (κ1) is 18.6. The molecule has 132 valence electrons. The largest absolute Gasteiger partial charge is 0.481 e. The zero-order valence-corrected chi connectivity index (χ0v) is 15.1. The number of benzene rings is 1. The first-order chi connectivity index (χ1) is 11.0. The average molecular weight is 354 g/mol. The van der Waals surface area contributed by atoms with Crippen molar-refractivity contribution in [3.05, 3.63) is 29.3 Å². The monoisotopic (exact) mass is 354 g/mol. The van der Waals surface area contributed by atoms with Crippen molar-refractivity contribution in [3.8, 4) is 0 Å². The van der Waals surface area contributed by atoms with Gasteiger partial charge in [0.25, 0.3) is 10.1 Å². The third-order valence-electron chi connectivity index (χ3n) is 4.75. The lowest BCUT2D eigenvalue weighted by Crippen LogP contribution is -2.27. The zero-order chi connectivity index (χ0) is 18.1. The number of carbonyl (C=O) groups is 1. The van der Waals surface area contributed by atoms with Crippen LogP contribution in [0.1, 0.15) is 44.7 Å². The van der Waals surface area contributed by atoms with E-state index in [-0.39, 0.29) is 17.6 Å². The highest BCUT2D eigenvalue weighted by atomic mass is 32.2. The van der Waals surface area contributed by atoms with Crippen LogP contribution in [0.15, 0.2) is 18.2 Å². The molecule has 0 aromatic heterocycles. The highest BCUT2D eigenvalue weighted by molar-refractivity contribution is 7.85. The molecule has 7 heteroatoms. The van der Waals surface area contributed by atoms with Crippen LogP contribution in [0.5, 0.6) is 0 Å². The molecule has 0 aliphatic carbocycles. The fourth-order valence-electron chi connectivity index (χ4n) is 3.13. The molecule has 1 aliphatic heterocycles. The third-order valence-corrected chi connectivity index (χ3v) is 5.55. The second-order valence-corrected chi connectivity index (χ2v) is 8.32. The van der Waals surface area contributed by atoms with Crippen molar-refractivity contribution in [2.45, 2.75) is 45.4 Å². The van der Waals surface area contributed by atoms with E-state index in [1.807, 2.05) is 25.1 Å². The van der Waals surface area contributed by atoms with Crippen molar-refractivity contribution >= 4 is 27.5 Å². The van der Waals surface area contributed by atoms with Crippen molar-refractivity contribution in [2.75, 3.05) is 12.3 Å². The molecule has 24 heavy (non-hydrogen) atoms. The van der Waals surface area contributed by atoms with Gasteiger partial charge >= 0.3 is 5.97 Å². The molecular formula is C17H24NO5S+. The first-order valence-corrected chi connectivity index (χ1v) is 9.55. The van der Waals surface area contributed by atoms with Gasteiger partial charge in [-0.25, -0.2) is 0 Å². The molecular weight excluding hydrogens is 330 g/mol. The van der Waals surface area contributed by atoms with Crippen molar-refractivity contribution in [1.29, 1.82) is 0 Å². The quantitative estimate of drug-likeness (QED) is 0.579. The van der Waals surface area contributed by atoms with E-state index in [2.05, 4.69) is 18.4 Å². The molecule has 0 amide bonds. The number of aryl methyl sites for hydroxylation is 1. The van der Waals surface area contributed by atoms with E-state index in [0.717, 1.165) is 22.5 Å². The Kier molecular flexibility index (Phi) is 5.15. The van der Waals surface area contributed by atoms with E-state index >= 15 is 0 Å². The molecule has 0 fully saturated rings. The van der Waals surface area contributed by atoms with Gasteiger partial charge in [0.05, 0.1) is 11.2 Å². The maximum absolute atomic E-state index is 10.9. The smallest absolute Gasteiger partial charge is 0.303 e. The minimum atomic E-state index is -3.95. The van der Waals surface area contributed by atoms with E-state index < -0.39 is 16.1 Å². The van der Waals surface area contributed by atoms with Crippen LogP contribution in [0.4, 0.5) is 5.69 Å². The number of fused-ring (bicyclic) bond motifs is 1. The Morgan fingerprint density at radius 3 is 2.54 bits per heavy atom. The number of hydrogen-bond donors (Lipinski definition) is 2. The van der Waals surface area contributed by atoms with Crippen molar-refractivity contribution < 1.29 is 27.4 Å². The summed E-state index contributed by atoms with van der Waals surface area (Å²) < 4.78 is 32.8. The van der Waals surface area contributed by atoms with E-state index in [9.17, 15) is 13.2 Å². The van der Waals surface area contributed by atoms with Gasteiger partial charge in [0.15, 0.2) is 5.71 Å². The molecule has 1 aliphatic rings. The first-order valence-electron chi connectivity index (χ1n) is 7.94. The lowest BCUT2D eigenvalue weighted by molar-refractivity contribution is -0.438.